The van der Waals surface area contributed by atoms with Gasteiger partial charge in [0, 0.05) is 24.3 Å². The van der Waals surface area contributed by atoms with E-state index in [-0.39, 0.29) is 17.9 Å². The molecule has 2 unspecified atom stereocenters. The van der Waals surface area contributed by atoms with Gasteiger partial charge in [-0.2, -0.15) is 5.10 Å². The minimum Gasteiger partial charge on any atom is -0.349 e. The molecule has 0 radical (unpaired) electrons. The molecule has 1 N–H and O–H groups in total. The first-order chi connectivity index (χ1) is 12.0. The highest BCUT2D eigenvalue weighted by molar-refractivity contribution is 6.30. The maximum absolute atomic E-state index is 12.4. The standard InChI is InChI=1S/C19H21ClN4O/c1-14(12-24-13-17(20)11-21-24)19(25)22-15(2)16-5-7-18(8-6-16)23-9-3-4-10-23/h3-11,13-15H,12H2,1-2H3,(H,22,25). The SMILES string of the molecule is CC(Cn1cc(Cl)cn1)C(=O)NC(C)c1ccc(-n2cccc2)cc1. The van der Waals surface area contributed by atoms with Gasteiger partial charge in [0.2, 0.25) is 5.91 Å². The van der Waals surface area contributed by atoms with Crippen LogP contribution in [0.4, 0.5) is 0 Å². The Hall–Kier alpha value is -2.53. The minimum absolute atomic E-state index is 0.00592. The van der Waals surface area contributed by atoms with E-state index >= 15 is 0 Å². The normalized spacial score (nSPS) is 13.4. The van der Waals surface area contributed by atoms with Crippen LogP contribution in [0.2, 0.25) is 5.02 Å². The summed E-state index contributed by atoms with van der Waals surface area (Å²) in [5.41, 5.74) is 2.16. The Bertz CT molecular complexity index is 823. The number of halogens is 1. The lowest BCUT2D eigenvalue weighted by Crippen LogP contribution is -2.33. The molecule has 1 amide bonds. The number of amides is 1. The lowest BCUT2D eigenvalue weighted by atomic mass is 10.1. The predicted octanol–water partition coefficient (Wildman–Crippen LogP) is 3.84. The Morgan fingerprint density at radius 2 is 1.88 bits per heavy atom. The number of hydrogen-bond acceptors (Lipinski definition) is 2. The number of aromatic nitrogens is 3. The van der Waals surface area contributed by atoms with Crippen molar-refractivity contribution in [2.75, 3.05) is 0 Å². The molecular weight excluding hydrogens is 336 g/mol. The van der Waals surface area contributed by atoms with E-state index in [1.165, 1.54) is 0 Å². The first kappa shape index (κ1) is 17.3. The van der Waals surface area contributed by atoms with E-state index in [9.17, 15) is 4.79 Å². The van der Waals surface area contributed by atoms with Crippen LogP contribution in [-0.4, -0.2) is 20.3 Å². The zero-order chi connectivity index (χ0) is 17.8. The molecule has 3 aromatic rings. The lowest BCUT2D eigenvalue weighted by molar-refractivity contribution is -0.125. The topological polar surface area (TPSA) is 51.9 Å². The predicted molar refractivity (Wildman–Crippen MR) is 98.7 cm³/mol. The molecule has 2 heterocycles. The van der Waals surface area contributed by atoms with E-state index in [1.807, 2.05) is 67.2 Å². The van der Waals surface area contributed by atoms with Crippen LogP contribution in [0, 0.1) is 5.92 Å². The molecule has 0 aliphatic carbocycles. The third kappa shape index (κ3) is 4.31. The molecule has 25 heavy (non-hydrogen) atoms. The van der Waals surface area contributed by atoms with Crippen LogP contribution in [0.1, 0.15) is 25.5 Å². The summed E-state index contributed by atoms with van der Waals surface area (Å²) < 4.78 is 3.73. The molecule has 0 saturated heterocycles. The average molecular weight is 357 g/mol. The maximum Gasteiger partial charge on any atom is 0.225 e. The zero-order valence-electron chi connectivity index (χ0n) is 14.3. The van der Waals surface area contributed by atoms with E-state index in [0.717, 1.165) is 11.3 Å². The number of nitrogens with one attached hydrogen (secondary N) is 1. The molecule has 0 aliphatic heterocycles. The summed E-state index contributed by atoms with van der Waals surface area (Å²) in [6, 6.07) is 12.1. The lowest BCUT2D eigenvalue weighted by Gasteiger charge is -2.18. The first-order valence-corrected chi connectivity index (χ1v) is 8.62. The molecule has 0 saturated carbocycles. The summed E-state index contributed by atoms with van der Waals surface area (Å²) in [4.78, 5) is 12.4. The van der Waals surface area contributed by atoms with Gasteiger partial charge in [-0.25, -0.2) is 0 Å². The van der Waals surface area contributed by atoms with Gasteiger partial charge in [0.15, 0.2) is 0 Å². The number of carbonyl (C=O) groups is 1. The van der Waals surface area contributed by atoms with E-state index < -0.39 is 0 Å². The Labute approximate surface area is 152 Å². The van der Waals surface area contributed by atoms with E-state index in [1.54, 1.807) is 17.1 Å². The molecule has 0 fully saturated rings. The average Bonchev–Trinajstić information content (AvgIpc) is 3.27. The number of rotatable bonds is 6. The molecule has 6 heteroatoms. The highest BCUT2D eigenvalue weighted by Crippen LogP contribution is 2.17. The fourth-order valence-electron chi connectivity index (χ4n) is 2.68. The van der Waals surface area contributed by atoms with Gasteiger partial charge >= 0.3 is 0 Å². The Balaban J connectivity index is 1.59. The highest BCUT2D eigenvalue weighted by Gasteiger charge is 2.17. The highest BCUT2D eigenvalue weighted by atomic mass is 35.5. The van der Waals surface area contributed by atoms with Gasteiger partial charge in [-0.3, -0.25) is 9.48 Å². The van der Waals surface area contributed by atoms with E-state index in [2.05, 4.69) is 10.4 Å². The smallest absolute Gasteiger partial charge is 0.225 e. The zero-order valence-corrected chi connectivity index (χ0v) is 15.0. The molecular formula is C19H21ClN4O. The van der Waals surface area contributed by atoms with Crippen LogP contribution in [-0.2, 0) is 11.3 Å². The second-order valence-corrected chi connectivity index (χ2v) is 6.63. The molecule has 2 aromatic heterocycles. The molecule has 130 valence electrons. The summed E-state index contributed by atoms with van der Waals surface area (Å²) in [5.74, 6) is -0.203. The minimum atomic E-state index is -0.197. The molecule has 2 atom stereocenters. The maximum atomic E-state index is 12.4. The fourth-order valence-corrected chi connectivity index (χ4v) is 2.84. The fraction of sp³-hybridized carbons (Fsp3) is 0.263. The van der Waals surface area contributed by atoms with Gasteiger partial charge < -0.3 is 9.88 Å². The monoisotopic (exact) mass is 356 g/mol. The van der Waals surface area contributed by atoms with Crippen LogP contribution >= 0.6 is 11.6 Å². The van der Waals surface area contributed by atoms with Gasteiger partial charge in [-0.1, -0.05) is 30.7 Å². The van der Waals surface area contributed by atoms with Crippen molar-refractivity contribution in [1.82, 2.24) is 19.7 Å². The molecule has 0 spiro atoms. The quantitative estimate of drug-likeness (QED) is 0.729. The largest absolute Gasteiger partial charge is 0.349 e. The second kappa shape index (κ2) is 7.57. The summed E-state index contributed by atoms with van der Waals surface area (Å²) >= 11 is 5.85. The van der Waals surface area contributed by atoms with Gasteiger partial charge in [-0.15, -0.1) is 0 Å². The summed E-state index contributed by atoms with van der Waals surface area (Å²) in [6.07, 6.45) is 7.29. The Kier molecular flexibility index (Phi) is 5.24. The van der Waals surface area contributed by atoms with Crippen LogP contribution in [0.5, 0.6) is 0 Å². The van der Waals surface area contributed by atoms with Crippen LogP contribution in [0.3, 0.4) is 0 Å². The van der Waals surface area contributed by atoms with Crippen molar-refractivity contribution in [3.8, 4) is 5.69 Å². The van der Waals surface area contributed by atoms with Crippen molar-refractivity contribution in [2.24, 2.45) is 5.92 Å². The van der Waals surface area contributed by atoms with Crippen LogP contribution in [0.25, 0.3) is 5.69 Å². The van der Waals surface area contributed by atoms with Gasteiger partial charge in [-0.05, 0) is 36.8 Å². The van der Waals surface area contributed by atoms with Gasteiger partial charge in [0.05, 0.1) is 29.7 Å². The summed E-state index contributed by atoms with van der Waals surface area (Å²) in [6.45, 7) is 4.37. The molecule has 1 aromatic carbocycles. The van der Waals surface area contributed by atoms with Crippen molar-refractivity contribution in [1.29, 1.82) is 0 Å². The van der Waals surface area contributed by atoms with Crippen LogP contribution in [0.15, 0.2) is 61.2 Å². The number of carbonyl (C=O) groups excluding carboxylic acids is 1. The van der Waals surface area contributed by atoms with Gasteiger partial charge in [0.25, 0.3) is 0 Å². The number of benzene rings is 1. The summed E-state index contributed by atoms with van der Waals surface area (Å²) in [5, 5.41) is 7.74. The summed E-state index contributed by atoms with van der Waals surface area (Å²) in [7, 11) is 0. The van der Waals surface area contributed by atoms with E-state index in [0.29, 0.717) is 11.6 Å². The first-order valence-electron chi connectivity index (χ1n) is 8.24. The Morgan fingerprint density at radius 1 is 1.20 bits per heavy atom. The van der Waals surface area contributed by atoms with Crippen molar-refractivity contribution >= 4 is 17.5 Å². The van der Waals surface area contributed by atoms with Crippen molar-refractivity contribution in [3.05, 3.63) is 71.8 Å². The van der Waals surface area contributed by atoms with Crippen LogP contribution < -0.4 is 5.32 Å². The van der Waals surface area contributed by atoms with Crippen molar-refractivity contribution < 1.29 is 4.79 Å². The van der Waals surface area contributed by atoms with E-state index in [4.69, 9.17) is 11.6 Å². The molecule has 5 nitrogen and oxygen atoms in total. The van der Waals surface area contributed by atoms with Crippen molar-refractivity contribution in [3.63, 3.8) is 0 Å². The second-order valence-electron chi connectivity index (χ2n) is 6.19. The number of nitrogens with zero attached hydrogens (tertiary/aromatic N) is 3. The molecule has 0 aliphatic rings. The molecule has 3 rings (SSSR count). The Morgan fingerprint density at radius 3 is 2.48 bits per heavy atom. The molecule has 0 bridgehead atoms. The van der Waals surface area contributed by atoms with Crippen molar-refractivity contribution in [2.45, 2.75) is 26.4 Å². The third-order valence-electron chi connectivity index (χ3n) is 4.16. The van der Waals surface area contributed by atoms with Gasteiger partial charge in [0.1, 0.15) is 0 Å². The number of hydrogen-bond donors (Lipinski definition) is 1. The third-order valence-corrected chi connectivity index (χ3v) is 4.36.